The van der Waals surface area contributed by atoms with Crippen LogP contribution in [0.1, 0.15) is 16.8 Å². The quantitative estimate of drug-likeness (QED) is 0.905. The highest BCUT2D eigenvalue weighted by atomic mass is 32.2. The van der Waals surface area contributed by atoms with Gasteiger partial charge in [0.25, 0.3) is 10.0 Å². The lowest BCUT2D eigenvalue weighted by Crippen LogP contribution is -2.36. The van der Waals surface area contributed by atoms with Gasteiger partial charge in [-0.2, -0.15) is 17.5 Å². The van der Waals surface area contributed by atoms with Crippen LogP contribution in [0.4, 0.5) is 13.2 Å². The third kappa shape index (κ3) is 2.59. The van der Waals surface area contributed by atoms with E-state index in [2.05, 4.69) is 15.0 Å². The maximum atomic E-state index is 12.7. The summed E-state index contributed by atoms with van der Waals surface area (Å²) >= 11 is 0. The van der Waals surface area contributed by atoms with Crippen molar-refractivity contribution in [3.63, 3.8) is 0 Å². The topological polar surface area (TPSA) is 79.0 Å². The molecule has 3 rings (SSSR count). The Labute approximate surface area is 124 Å². The molecule has 0 radical (unpaired) electrons. The lowest BCUT2D eigenvalue weighted by Gasteiger charge is -2.27. The fraction of sp³-hybridized carbons (Fsp3) is 0.333. The van der Waals surface area contributed by atoms with Gasteiger partial charge in [-0.05, 0) is 11.6 Å². The van der Waals surface area contributed by atoms with E-state index in [1.807, 2.05) is 0 Å². The Bertz CT molecular complexity index is 787. The largest absolute Gasteiger partial charge is 0.417 e. The molecule has 0 atom stereocenters. The van der Waals surface area contributed by atoms with Crippen molar-refractivity contribution in [3.8, 4) is 0 Å². The summed E-state index contributed by atoms with van der Waals surface area (Å²) < 4.78 is 64.0. The summed E-state index contributed by atoms with van der Waals surface area (Å²) in [5.74, 6) is 0. The highest BCUT2D eigenvalue weighted by molar-refractivity contribution is 7.89. The number of sulfonamides is 1. The van der Waals surface area contributed by atoms with Crippen LogP contribution in [0.15, 0.2) is 29.8 Å². The Hall–Kier alpha value is -1.94. The van der Waals surface area contributed by atoms with Crippen molar-refractivity contribution in [2.45, 2.75) is 24.2 Å². The van der Waals surface area contributed by atoms with Crippen LogP contribution in [-0.2, 0) is 29.2 Å². The monoisotopic (exact) mass is 332 g/mol. The van der Waals surface area contributed by atoms with Crippen LogP contribution in [-0.4, -0.2) is 34.2 Å². The Morgan fingerprint density at radius 1 is 1.27 bits per heavy atom. The van der Waals surface area contributed by atoms with Gasteiger partial charge in [0.15, 0.2) is 5.03 Å². The van der Waals surface area contributed by atoms with Gasteiger partial charge < -0.3 is 4.98 Å². The van der Waals surface area contributed by atoms with E-state index < -0.39 is 21.8 Å². The molecule has 118 valence electrons. The summed E-state index contributed by atoms with van der Waals surface area (Å²) in [6.07, 6.45) is -1.07. The number of H-pyrrole nitrogens is 1. The van der Waals surface area contributed by atoms with Crippen LogP contribution >= 0.6 is 0 Å². The summed E-state index contributed by atoms with van der Waals surface area (Å²) in [6, 6.07) is 0.955. The van der Waals surface area contributed by atoms with Gasteiger partial charge in [0, 0.05) is 31.4 Å². The summed E-state index contributed by atoms with van der Waals surface area (Å²) in [6.45, 7) is 0.0142. The molecule has 2 aromatic heterocycles. The van der Waals surface area contributed by atoms with Crippen molar-refractivity contribution in [1.29, 1.82) is 0 Å². The Balaban J connectivity index is 1.93. The van der Waals surface area contributed by atoms with Gasteiger partial charge in [-0.15, -0.1) is 0 Å². The Morgan fingerprint density at radius 3 is 2.68 bits per heavy atom. The standard InChI is InChI=1S/C12H11F3N4O2S/c13-12(14,15)9-3-8-6-19(2-1-10(8)17-4-9)22(20,21)11-5-16-7-18-11/h3-5,7H,1-2,6H2,(H,16,18). The number of halogens is 3. The summed E-state index contributed by atoms with van der Waals surface area (Å²) in [5, 5.41) is -0.0871. The van der Waals surface area contributed by atoms with Gasteiger partial charge in [-0.1, -0.05) is 0 Å². The second-order valence-electron chi connectivity index (χ2n) is 4.83. The molecule has 10 heteroatoms. The van der Waals surface area contributed by atoms with Crippen LogP contribution in [0.2, 0.25) is 0 Å². The van der Waals surface area contributed by atoms with Crippen LogP contribution in [0, 0.1) is 0 Å². The Kier molecular flexibility index (Phi) is 3.44. The highest BCUT2D eigenvalue weighted by Gasteiger charge is 2.34. The zero-order chi connectivity index (χ0) is 16.0. The second kappa shape index (κ2) is 5.06. The first kappa shape index (κ1) is 15.0. The van der Waals surface area contributed by atoms with E-state index in [4.69, 9.17) is 0 Å². The van der Waals surface area contributed by atoms with Crippen molar-refractivity contribution < 1.29 is 21.6 Å². The van der Waals surface area contributed by atoms with Crippen LogP contribution in [0.25, 0.3) is 0 Å². The molecule has 0 unspecified atom stereocenters. The zero-order valence-corrected chi connectivity index (χ0v) is 11.9. The molecular weight excluding hydrogens is 321 g/mol. The fourth-order valence-corrected chi connectivity index (χ4v) is 3.60. The third-order valence-corrected chi connectivity index (χ3v) is 5.19. The van der Waals surface area contributed by atoms with E-state index in [0.29, 0.717) is 5.69 Å². The van der Waals surface area contributed by atoms with Crippen molar-refractivity contribution in [1.82, 2.24) is 19.3 Å². The maximum Gasteiger partial charge on any atom is 0.417 e. The van der Waals surface area contributed by atoms with Gasteiger partial charge in [-0.25, -0.2) is 13.4 Å². The minimum absolute atomic E-state index is 0.0871. The molecule has 1 N–H and O–H groups in total. The van der Waals surface area contributed by atoms with Gasteiger partial charge in [0.2, 0.25) is 0 Å². The molecule has 0 aliphatic carbocycles. The first-order valence-corrected chi connectivity index (χ1v) is 7.76. The molecule has 0 saturated heterocycles. The van der Waals surface area contributed by atoms with E-state index in [0.717, 1.165) is 22.8 Å². The molecule has 0 aromatic carbocycles. The van der Waals surface area contributed by atoms with Gasteiger partial charge >= 0.3 is 6.18 Å². The first-order valence-electron chi connectivity index (χ1n) is 6.32. The average molecular weight is 332 g/mol. The first-order chi connectivity index (χ1) is 10.3. The summed E-state index contributed by atoms with van der Waals surface area (Å²) in [4.78, 5) is 9.95. The number of pyridine rings is 1. The van der Waals surface area contributed by atoms with Crippen molar-refractivity contribution in [2.75, 3.05) is 6.54 Å². The predicted octanol–water partition coefficient (Wildman–Crippen LogP) is 1.57. The normalized spacial score (nSPS) is 16.5. The highest BCUT2D eigenvalue weighted by Crippen LogP contribution is 2.31. The van der Waals surface area contributed by atoms with Crippen LogP contribution in [0.5, 0.6) is 0 Å². The van der Waals surface area contributed by atoms with E-state index in [1.54, 1.807) is 0 Å². The van der Waals surface area contributed by atoms with Gasteiger partial charge in [-0.3, -0.25) is 4.98 Å². The molecule has 3 heterocycles. The summed E-state index contributed by atoms with van der Waals surface area (Å²) in [5.41, 5.74) is -0.125. The van der Waals surface area contributed by atoms with E-state index >= 15 is 0 Å². The van der Waals surface area contributed by atoms with E-state index in [9.17, 15) is 21.6 Å². The van der Waals surface area contributed by atoms with E-state index in [1.165, 1.54) is 6.33 Å². The molecule has 22 heavy (non-hydrogen) atoms. The predicted molar refractivity (Wildman–Crippen MR) is 69.1 cm³/mol. The molecule has 0 fully saturated rings. The molecule has 1 aliphatic heterocycles. The number of aromatic amines is 1. The van der Waals surface area contributed by atoms with Crippen molar-refractivity contribution in [3.05, 3.63) is 41.6 Å². The SMILES string of the molecule is O=S(=O)(c1cnc[nH]1)N1CCc2ncc(C(F)(F)F)cc2C1. The molecule has 0 spiro atoms. The van der Waals surface area contributed by atoms with Crippen molar-refractivity contribution >= 4 is 10.0 Å². The molecule has 0 saturated carbocycles. The third-order valence-electron chi connectivity index (χ3n) is 3.42. The maximum absolute atomic E-state index is 12.7. The molecule has 2 aromatic rings. The number of hydrogen-bond acceptors (Lipinski definition) is 4. The number of rotatable bonds is 2. The number of alkyl halides is 3. The number of fused-ring (bicyclic) bond motifs is 1. The van der Waals surface area contributed by atoms with Crippen molar-refractivity contribution in [2.24, 2.45) is 0 Å². The lowest BCUT2D eigenvalue weighted by molar-refractivity contribution is -0.137. The minimum atomic E-state index is -4.51. The molecule has 6 nitrogen and oxygen atoms in total. The number of nitrogens with one attached hydrogen (secondary N) is 1. The number of aromatic nitrogens is 3. The smallest absolute Gasteiger partial charge is 0.335 e. The lowest BCUT2D eigenvalue weighted by atomic mass is 10.1. The molecule has 0 bridgehead atoms. The average Bonchev–Trinajstić information content (AvgIpc) is 3.00. The molecular formula is C12H11F3N4O2S. The van der Waals surface area contributed by atoms with Gasteiger partial charge in [0.1, 0.15) is 0 Å². The molecule has 0 amide bonds. The Morgan fingerprint density at radius 2 is 2.05 bits per heavy atom. The minimum Gasteiger partial charge on any atom is -0.335 e. The number of imidazole rings is 1. The number of nitrogens with zero attached hydrogens (tertiary/aromatic N) is 3. The molecule has 1 aliphatic rings. The van der Waals surface area contributed by atoms with Crippen LogP contribution < -0.4 is 0 Å². The number of hydrogen-bond donors (Lipinski definition) is 1. The van der Waals surface area contributed by atoms with Crippen LogP contribution in [0.3, 0.4) is 0 Å². The fourth-order valence-electron chi connectivity index (χ4n) is 2.28. The second-order valence-corrected chi connectivity index (χ2v) is 6.74. The van der Waals surface area contributed by atoms with E-state index in [-0.39, 0.29) is 30.1 Å². The van der Waals surface area contributed by atoms with Gasteiger partial charge in [0.05, 0.1) is 18.1 Å². The zero-order valence-electron chi connectivity index (χ0n) is 11.1. The summed E-state index contributed by atoms with van der Waals surface area (Å²) in [7, 11) is -3.80.